The second-order valence-electron chi connectivity index (χ2n) is 6.76. The number of fused-ring (bicyclic) bond motifs is 1. The fourth-order valence-electron chi connectivity index (χ4n) is 3.37. The molecule has 0 bridgehead atoms. The highest BCUT2D eigenvalue weighted by Gasteiger charge is 2.20. The van der Waals surface area contributed by atoms with E-state index in [0.717, 1.165) is 34.4 Å². The van der Waals surface area contributed by atoms with Crippen LogP contribution in [0.5, 0.6) is 5.75 Å². The van der Waals surface area contributed by atoms with Crippen LogP contribution in [0.25, 0.3) is 0 Å². The van der Waals surface area contributed by atoms with Crippen LogP contribution in [-0.2, 0) is 13.1 Å². The van der Waals surface area contributed by atoms with Crippen molar-refractivity contribution in [3.8, 4) is 5.75 Å². The first-order valence-corrected chi connectivity index (χ1v) is 10.0. The molecule has 3 aromatic rings. The standard InChI is InChI=1S/C23H20BrN3O2/c1-29-22-5-3-2-4-17(22)13-25-26-23(28)16-6-7-18-14-27(15-19(18)12-16)21-10-8-20(24)9-11-21/h2-13H,14-15H2,1H3,(H,26,28)/b25-13+. The molecule has 0 saturated carbocycles. The molecule has 1 N–H and O–H groups in total. The molecule has 1 aliphatic rings. The van der Waals surface area contributed by atoms with Crippen LogP contribution in [0.15, 0.2) is 76.3 Å². The van der Waals surface area contributed by atoms with Crippen molar-refractivity contribution in [2.24, 2.45) is 5.10 Å². The molecule has 3 aromatic carbocycles. The number of halogens is 1. The summed E-state index contributed by atoms with van der Waals surface area (Å²) >= 11 is 3.47. The van der Waals surface area contributed by atoms with Gasteiger partial charge >= 0.3 is 0 Å². The lowest BCUT2D eigenvalue weighted by molar-refractivity contribution is 0.0955. The Kier molecular flexibility index (Phi) is 5.62. The molecular weight excluding hydrogens is 430 g/mol. The third kappa shape index (κ3) is 4.32. The first kappa shape index (κ1) is 19.2. The van der Waals surface area contributed by atoms with E-state index in [2.05, 4.69) is 43.5 Å². The molecular formula is C23H20BrN3O2. The molecule has 29 heavy (non-hydrogen) atoms. The first-order valence-electron chi connectivity index (χ1n) is 9.23. The Morgan fingerprint density at radius 2 is 1.83 bits per heavy atom. The molecule has 0 saturated heterocycles. The van der Waals surface area contributed by atoms with Crippen LogP contribution in [-0.4, -0.2) is 19.2 Å². The average molecular weight is 450 g/mol. The van der Waals surface area contributed by atoms with Gasteiger partial charge in [-0.2, -0.15) is 5.10 Å². The van der Waals surface area contributed by atoms with Gasteiger partial charge in [-0.1, -0.05) is 34.1 Å². The smallest absolute Gasteiger partial charge is 0.271 e. The normalized spacial score (nSPS) is 12.8. The van der Waals surface area contributed by atoms with E-state index in [1.165, 1.54) is 5.56 Å². The third-order valence-electron chi connectivity index (χ3n) is 4.89. The molecule has 1 amide bonds. The van der Waals surface area contributed by atoms with Gasteiger partial charge in [0, 0.05) is 34.4 Å². The predicted octanol–water partition coefficient (Wildman–Crippen LogP) is 4.74. The quantitative estimate of drug-likeness (QED) is 0.451. The minimum absolute atomic E-state index is 0.235. The first-order chi connectivity index (χ1) is 14.1. The van der Waals surface area contributed by atoms with Crippen LogP contribution in [0, 0.1) is 0 Å². The van der Waals surface area contributed by atoms with Gasteiger partial charge in [0.15, 0.2) is 0 Å². The number of carbonyl (C=O) groups is 1. The number of nitrogens with zero attached hydrogens (tertiary/aromatic N) is 2. The third-order valence-corrected chi connectivity index (χ3v) is 5.42. The molecule has 0 radical (unpaired) electrons. The van der Waals surface area contributed by atoms with E-state index in [1.807, 2.05) is 54.6 Å². The number of hydrogen-bond donors (Lipinski definition) is 1. The van der Waals surface area contributed by atoms with Crippen LogP contribution in [0.4, 0.5) is 5.69 Å². The number of ether oxygens (including phenoxy) is 1. The summed E-state index contributed by atoms with van der Waals surface area (Å²) in [6, 6.07) is 21.6. The lowest BCUT2D eigenvalue weighted by Crippen LogP contribution is -2.18. The number of para-hydroxylation sites is 1. The molecule has 1 aliphatic heterocycles. The second-order valence-corrected chi connectivity index (χ2v) is 7.67. The van der Waals surface area contributed by atoms with Crippen molar-refractivity contribution in [1.82, 2.24) is 5.43 Å². The van der Waals surface area contributed by atoms with Crippen molar-refractivity contribution in [3.05, 3.63) is 93.5 Å². The fourth-order valence-corrected chi connectivity index (χ4v) is 3.63. The largest absolute Gasteiger partial charge is 0.496 e. The molecule has 4 rings (SSSR count). The highest BCUT2D eigenvalue weighted by Crippen LogP contribution is 2.29. The summed E-state index contributed by atoms with van der Waals surface area (Å²) < 4.78 is 6.34. The summed E-state index contributed by atoms with van der Waals surface area (Å²) in [4.78, 5) is 14.8. The Hall–Kier alpha value is -3.12. The number of hydrazone groups is 1. The van der Waals surface area contributed by atoms with Gasteiger partial charge in [-0.05, 0) is 59.7 Å². The number of rotatable bonds is 5. The van der Waals surface area contributed by atoms with E-state index in [9.17, 15) is 4.79 Å². The summed E-state index contributed by atoms with van der Waals surface area (Å²) in [7, 11) is 1.60. The van der Waals surface area contributed by atoms with Crippen molar-refractivity contribution >= 4 is 33.7 Å². The summed E-state index contributed by atoms with van der Waals surface area (Å²) in [5, 5.41) is 4.07. The summed E-state index contributed by atoms with van der Waals surface area (Å²) in [5.41, 5.74) is 7.55. The molecule has 5 nitrogen and oxygen atoms in total. The van der Waals surface area contributed by atoms with Crippen LogP contribution >= 0.6 is 15.9 Å². The highest BCUT2D eigenvalue weighted by atomic mass is 79.9. The Morgan fingerprint density at radius 3 is 2.62 bits per heavy atom. The number of benzene rings is 3. The number of anilines is 1. The van der Waals surface area contributed by atoms with Crippen LogP contribution in [0.2, 0.25) is 0 Å². The minimum Gasteiger partial charge on any atom is -0.496 e. The van der Waals surface area contributed by atoms with Gasteiger partial charge in [0.1, 0.15) is 5.75 Å². The number of amides is 1. The number of nitrogens with one attached hydrogen (secondary N) is 1. The lowest BCUT2D eigenvalue weighted by Gasteiger charge is -2.17. The topological polar surface area (TPSA) is 53.9 Å². The van der Waals surface area contributed by atoms with Gasteiger partial charge in [-0.25, -0.2) is 5.43 Å². The minimum atomic E-state index is -0.235. The van der Waals surface area contributed by atoms with Crippen molar-refractivity contribution in [1.29, 1.82) is 0 Å². The molecule has 0 unspecified atom stereocenters. The Labute approximate surface area is 178 Å². The van der Waals surface area contributed by atoms with E-state index in [1.54, 1.807) is 13.3 Å². The van der Waals surface area contributed by atoms with Crippen molar-refractivity contribution in [2.75, 3.05) is 12.0 Å². The number of methoxy groups -OCH3 is 1. The van der Waals surface area contributed by atoms with Gasteiger partial charge in [0.2, 0.25) is 0 Å². The Bertz CT molecular complexity index is 1060. The monoisotopic (exact) mass is 449 g/mol. The van der Waals surface area contributed by atoms with Crippen molar-refractivity contribution < 1.29 is 9.53 Å². The SMILES string of the molecule is COc1ccccc1/C=N/NC(=O)c1ccc2c(c1)CN(c1ccc(Br)cc1)C2. The maximum atomic E-state index is 12.5. The van der Waals surface area contributed by atoms with Gasteiger partial charge in [0.05, 0.1) is 13.3 Å². The van der Waals surface area contributed by atoms with Gasteiger partial charge < -0.3 is 9.64 Å². The molecule has 0 atom stereocenters. The molecule has 6 heteroatoms. The van der Waals surface area contributed by atoms with Gasteiger partial charge in [-0.15, -0.1) is 0 Å². The molecule has 0 spiro atoms. The fraction of sp³-hybridized carbons (Fsp3) is 0.130. The average Bonchev–Trinajstić information content (AvgIpc) is 3.18. The molecule has 0 aromatic heterocycles. The maximum absolute atomic E-state index is 12.5. The highest BCUT2D eigenvalue weighted by molar-refractivity contribution is 9.10. The predicted molar refractivity (Wildman–Crippen MR) is 119 cm³/mol. The van der Waals surface area contributed by atoms with E-state index >= 15 is 0 Å². The van der Waals surface area contributed by atoms with Crippen molar-refractivity contribution in [2.45, 2.75) is 13.1 Å². The summed E-state index contributed by atoms with van der Waals surface area (Å²) in [6.07, 6.45) is 1.58. The second kappa shape index (κ2) is 8.49. The Morgan fingerprint density at radius 1 is 1.07 bits per heavy atom. The van der Waals surface area contributed by atoms with E-state index in [0.29, 0.717) is 11.3 Å². The summed E-state index contributed by atoms with van der Waals surface area (Å²) in [5.74, 6) is 0.470. The van der Waals surface area contributed by atoms with E-state index in [4.69, 9.17) is 4.74 Å². The number of hydrogen-bond acceptors (Lipinski definition) is 4. The number of carbonyl (C=O) groups excluding carboxylic acids is 1. The molecule has 146 valence electrons. The zero-order valence-electron chi connectivity index (χ0n) is 15.9. The maximum Gasteiger partial charge on any atom is 0.271 e. The zero-order chi connectivity index (χ0) is 20.2. The van der Waals surface area contributed by atoms with Crippen LogP contribution in [0.1, 0.15) is 27.0 Å². The molecule has 1 heterocycles. The van der Waals surface area contributed by atoms with Crippen LogP contribution in [0.3, 0.4) is 0 Å². The van der Waals surface area contributed by atoms with E-state index < -0.39 is 0 Å². The summed E-state index contributed by atoms with van der Waals surface area (Å²) in [6.45, 7) is 1.62. The lowest BCUT2D eigenvalue weighted by atomic mass is 10.1. The van der Waals surface area contributed by atoms with E-state index in [-0.39, 0.29) is 5.91 Å². The van der Waals surface area contributed by atoms with Gasteiger partial charge in [-0.3, -0.25) is 4.79 Å². The zero-order valence-corrected chi connectivity index (χ0v) is 17.5. The molecule has 0 fully saturated rings. The van der Waals surface area contributed by atoms with Crippen molar-refractivity contribution in [3.63, 3.8) is 0 Å². The van der Waals surface area contributed by atoms with Gasteiger partial charge in [0.25, 0.3) is 5.91 Å². The van der Waals surface area contributed by atoms with Crippen LogP contribution < -0.4 is 15.1 Å². The molecule has 0 aliphatic carbocycles. The Balaban J connectivity index is 1.43.